The molecule has 3 rings (SSSR count). The average Bonchev–Trinajstić information content (AvgIpc) is 3.02. The van der Waals surface area contributed by atoms with Crippen LogP contribution in [0.4, 0.5) is 0 Å². The van der Waals surface area contributed by atoms with Crippen molar-refractivity contribution >= 4 is 10.1 Å². The van der Waals surface area contributed by atoms with Gasteiger partial charge in [0, 0.05) is 12.5 Å². The third kappa shape index (κ3) is 4.26. The summed E-state index contributed by atoms with van der Waals surface area (Å²) in [5.74, 6) is 0.369. The van der Waals surface area contributed by atoms with Crippen molar-refractivity contribution in [1.82, 2.24) is 5.16 Å². The van der Waals surface area contributed by atoms with Gasteiger partial charge in [0.05, 0.1) is 6.61 Å². The molecule has 0 aliphatic carbocycles. The molecule has 7 heteroatoms. The Labute approximate surface area is 145 Å². The van der Waals surface area contributed by atoms with Gasteiger partial charge < -0.3 is 13.8 Å². The van der Waals surface area contributed by atoms with Crippen LogP contribution in [-0.2, 0) is 23.1 Å². The van der Waals surface area contributed by atoms with Crippen LogP contribution in [0.3, 0.4) is 0 Å². The number of nitrogens with zero attached hydrogens (tertiary/aromatic N) is 1. The van der Waals surface area contributed by atoms with Crippen molar-refractivity contribution in [3.8, 4) is 5.88 Å². The Kier molecular flexibility index (Phi) is 4.87. The molecule has 0 saturated carbocycles. The van der Waals surface area contributed by atoms with Gasteiger partial charge >= 0.3 is 10.1 Å². The predicted molar refractivity (Wildman–Crippen MR) is 90.7 cm³/mol. The summed E-state index contributed by atoms with van der Waals surface area (Å²) in [6.07, 6.45) is 0.437. The quantitative estimate of drug-likeness (QED) is 0.681. The molecule has 6 nitrogen and oxygen atoms in total. The lowest BCUT2D eigenvalue weighted by Gasteiger charge is -2.03. The standard InChI is InChI=1S/C18H17NO5S/c1-13-2-8-17(9-3-13)25(21,22)24-18-11-16(23-19-18)10-14-4-6-15(12-20)7-5-14/h2-9,11,20H,10,12H2,1H3. The van der Waals surface area contributed by atoms with Gasteiger partial charge in [0.15, 0.2) is 0 Å². The van der Waals surface area contributed by atoms with Crippen LogP contribution in [0.25, 0.3) is 0 Å². The zero-order valence-corrected chi connectivity index (χ0v) is 14.4. The van der Waals surface area contributed by atoms with E-state index in [0.717, 1.165) is 16.7 Å². The van der Waals surface area contributed by atoms with Crippen molar-refractivity contribution in [2.24, 2.45) is 0 Å². The highest BCUT2D eigenvalue weighted by Gasteiger charge is 2.19. The lowest BCUT2D eigenvalue weighted by atomic mass is 10.1. The Morgan fingerprint density at radius 3 is 2.32 bits per heavy atom. The maximum atomic E-state index is 12.2. The Balaban J connectivity index is 1.71. The van der Waals surface area contributed by atoms with Crippen LogP contribution in [0.1, 0.15) is 22.5 Å². The van der Waals surface area contributed by atoms with E-state index in [1.807, 2.05) is 31.2 Å². The smallest absolute Gasteiger partial charge is 0.340 e. The van der Waals surface area contributed by atoms with Crippen LogP contribution in [0.5, 0.6) is 5.88 Å². The number of aliphatic hydroxyl groups is 1. The Morgan fingerprint density at radius 1 is 1.04 bits per heavy atom. The molecule has 0 aliphatic rings. The first kappa shape index (κ1) is 17.2. The minimum Gasteiger partial charge on any atom is -0.392 e. The van der Waals surface area contributed by atoms with Crippen molar-refractivity contribution in [3.63, 3.8) is 0 Å². The lowest BCUT2D eigenvalue weighted by Crippen LogP contribution is -2.09. The van der Waals surface area contributed by atoms with Crippen molar-refractivity contribution in [3.05, 3.63) is 77.0 Å². The van der Waals surface area contributed by atoms with E-state index < -0.39 is 10.1 Å². The molecule has 1 aromatic heterocycles. The first-order chi connectivity index (χ1) is 12.0. The summed E-state index contributed by atoms with van der Waals surface area (Å²) < 4.78 is 34.6. The molecule has 0 radical (unpaired) electrons. The van der Waals surface area contributed by atoms with Gasteiger partial charge in [0.25, 0.3) is 5.88 Å². The van der Waals surface area contributed by atoms with Crippen molar-refractivity contribution < 1.29 is 22.2 Å². The second-order valence-corrected chi connectivity index (χ2v) is 7.18. The molecule has 0 spiro atoms. The molecule has 2 aromatic carbocycles. The van der Waals surface area contributed by atoms with E-state index in [2.05, 4.69) is 5.16 Å². The van der Waals surface area contributed by atoms with Gasteiger partial charge in [-0.05, 0) is 35.3 Å². The van der Waals surface area contributed by atoms with E-state index in [9.17, 15) is 8.42 Å². The van der Waals surface area contributed by atoms with Gasteiger partial charge in [-0.2, -0.15) is 8.42 Å². The topological polar surface area (TPSA) is 89.6 Å². The third-order valence-electron chi connectivity index (χ3n) is 3.63. The Bertz CT molecular complexity index is 944. The monoisotopic (exact) mass is 359 g/mol. The molecule has 1 heterocycles. The highest BCUT2D eigenvalue weighted by molar-refractivity contribution is 7.87. The molecule has 130 valence electrons. The van der Waals surface area contributed by atoms with Gasteiger partial charge in [-0.15, -0.1) is 0 Å². The zero-order chi connectivity index (χ0) is 17.9. The van der Waals surface area contributed by atoms with Gasteiger partial charge in [-0.1, -0.05) is 42.0 Å². The molecule has 0 atom stereocenters. The zero-order valence-electron chi connectivity index (χ0n) is 13.5. The molecule has 3 aromatic rings. The largest absolute Gasteiger partial charge is 0.392 e. The molecule has 0 amide bonds. The number of aliphatic hydroxyl groups excluding tert-OH is 1. The average molecular weight is 359 g/mol. The van der Waals surface area contributed by atoms with Gasteiger partial charge in [-0.3, -0.25) is 0 Å². The summed E-state index contributed by atoms with van der Waals surface area (Å²) in [5, 5.41) is 12.7. The van der Waals surface area contributed by atoms with E-state index in [-0.39, 0.29) is 17.4 Å². The van der Waals surface area contributed by atoms with E-state index in [0.29, 0.717) is 12.2 Å². The molecule has 25 heavy (non-hydrogen) atoms. The first-order valence-electron chi connectivity index (χ1n) is 7.62. The summed E-state index contributed by atoms with van der Waals surface area (Å²) in [7, 11) is -3.95. The predicted octanol–water partition coefficient (Wildman–Crippen LogP) is 2.83. The van der Waals surface area contributed by atoms with Gasteiger partial charge in [0.2, 0.25) is 0 Å². The van der Waals surface area contributed by atoms with Crippen LogP contribution in [0.15, 0.2) is 64.0 Å². The fourth-order valence-corrected chi connectivity index (χ4v) is 3.11. The minimum absolute atomic E-state index is 0.0164. The van der Waals surface area contributed by atoms with E-state index in [1.165, 1.54) is 18.2 Å². The summed E-state index contributed by atoms with van der Waals surface area (Å²) in [5.41, 5.74) is 2.71. The fourth-order valence-electron chi connectivity index (χ4n) is 2.25. The van der Waals surface area contributed by atoms with Crippen molar-refractivity contribution in [1.29, 1.82) is 0 Å². The molecular weight excluding hydrogens is 342 g/mol. The van der Waals surface area contributed by atoms with Crippen LogP contribution < -0.4 is 4.18 Å². The number of hydrogen-bond donors (Lipinski definition) is 1. The SMILES string of the molecule is Cc1ccc(S(=O)(=O)Oc2cc(Cc3ccc(CO)cc3)on2)cc1. The van der Waals surface area contributed by atoms with Crippen LogP contribution in [-0.4, -0.2) is 18.7 Å². The van der Waals surface area contributed by atoms with Gasteiger partial charge in [-0.25, -0.2) is 0 Å². The normalized spacial score (nSPS) is 11.4. The summed E-state index contributed by atoms with van der Waals surface area (Å²) in [4.78, 5) is 0.0576. The second-order valence-electron chi connectivity index (χ2n) is 5.63. The number of rotatable bonds is 6. The lowest BCUT2D eigenvalue weighted by molar-refractivity contribution is 0.282. The Hall–Kier alpha value is -2.64. The van der Waals surface area contributed by atoms with Gasteiger partial charge in [0.1, 0.15) is 10.7 Å². The van der Waals surface area contributed by atoms with Crippen molar-refractivity contribution in [2.45, 2.75) is 24.8 Å². The third-order valence-corrected chi connectivity index (χ3v) is 4.87. The highest BCUT2D eigenvalue weighted by atomic mass is 32.2. The molecule has 0 saturated heterocycles. The fraction of sp³-hybridized carbons (Fsp3) is 0.167. The number of aryl methyl sites for hydroxylation is 1. The van der Waals surface area contributed by atoms with E-state index in [1.54, 1.807) is 12.1 Å². The number of benzene rings is 2. The molecular formula is C18H17NO5S. The minimum atomic E-state index is -3.95. The Morgan fingerprint density at radius 2 is 1.68 bits per heavy atom. The molecule has 0 fully saturated rings. The van der Waals surface area contributed by atoms with Crippen LogP contribution >= 0.6 is 0 Å². The summed E-state index contributed by atoms with van der Waals surface area (Å²) in [6, 6.07) is 15.1. The van der Waals surface area contributed by atoms with Crippen LogP contribution in [0.2, 0.25) is 0 Å². The maximum absolute atomic E-state index is 12.2. The molecule has 0 unspecified atom stereocenters. The van der Waals surface area contributed by atoms with Crippen LogP contribution in [0, 0.1) is 6.92 Å². The molecule has 1 N–H and O–H groups in total. The highest BCUT2D eigenvalue weighted by Crippen LogP contribution is 2.20. The maximum Gasteiger partial charge on any atom is 0.340 e. The van der Waals surface area contributed by atoms with E-state index >= 15 is 0 Å². The summed E-state index contributed by atoms with van der Waals surface area (Å²) >= 11 is 0. The van der Waals surface area contributed by atoms with Crippen molar-refractivity contribution in [2.75, 3.05) is 0 Å². The first-order valence-corrected chi connectivity index (χ1v) is 9.02. The second kappa shape index (κ2) is 7.08. The number of aromatic nitrogens is 1. The molecule has 0 bridgehead atoms. The number of hydrogen-bond acceptors (Lipinski definition) is 6. The molecule has 0 aliphatic heterocycles. The summed E-state index contributed by atoms with van der Waals surface area (Å²) in [6.45, 7) is 1.85. The van der Waals surface area contributed by atoms with E-state index in [4.69, 9.17) is 13.8 Å².